The molecule has 1 heterocycles. The molecule has 2 N–H and O–H groups in total. The topological polar surface area (TPSA) is 82.3 Å². The highest BCUT2D eigenvalue weighted by Gasteiger charge is 2.37. The minimum absolute atomic E-state index is 0.0378. The molecule has 0 aliphatic heterocycles. The van der Waals surface area contributed by atoms with Gasteiger partial charge in [0.2, 0.25) is 0 Å². The predicted molar refractivity (Wildman–Crippen MR) is 133 cm³/mol. The second-order valence-corrected chi connectivity index (χ2v) is 9.36. The lowest BCUT2D eigenvalue weighted by Gasteiger charge is -2.43. The largest absolute Gasteiger partial charge is 0.386 e. The van der Waals surface area contributed by atoms with Gasteiger partial charge in [-0.1, -0.05) is 55.4 Å². The molecule has 1 aliphatic carbocycles. The zero-order valence-corrected chi connectivity index (χ0v) is 20.6. The summed E-state index contributed by atoms with van der Waals surface area (Å²) < 4.78 is 4.83. The van der Waals surface area contributed by atoms with Gasteiger partial charge in [0.05, 0.1) is 5.56 Å². The number of hydrogen-bond donors (Lipinski definition) is 1. The third-order valence-corrected chi connectivity index (χ3v) is 6.21. The summed E-state index contributed by atoms with van der Waals surface area (Å²) in [4.78, 5) is 27.7. The van der Waals surface area contributed by atoms with E-state index < -0.39 is 11.9 Å². The highest BCUT2D eigenvalue weighted by atomic mass is 16.6. The molecule has 33 heavy (non-hydrogen) atoms. The molecule has 0 bridgehead atoms. The summed E-state index contributed by atoms with van der Waals surface area (Å²) in [5.41, 5.74) is 11.1. The van der Waals surface area contributed by atoms with E-state index in [0.29, 0.717) is 11.5 Å². The fourth-order valence-corrected chi connectivity index (χ4v) is 4.41. The van der Waals surface area contributed by atoms with Gasteiger partial charge in [-0.25, -0.2) is 9.59 Å². The Morgan fingerprint density at radius 3 is 2.61 bits per heavy atom. The van der Waals surface area contributed by atoms with Crippen molar-refractivity contribution in [2.75, 3.05) is 0 Å². The van der Waals surface area contributed by atoms with E-state index in [1.54, 1.807) is 31.3 Å². The van der Waals surface area contributed by atoms with E-state index in [-0.39, 0.29) is 17.0 Å². The van der Waals surface area contributed by atoms with Crippen LogP contribution in [-0.2, 0) is 9.53 Å². The fraction of sp³-hybridized carbons (Fsp3) is 0.393. The standard InChI is InChI=1S/C28H36N2O3/c1-19(12-14-24-21(3)13-15-25(22(4)29)28(24,5)6)9-7-10-20(2)17-26(31)33-27(32)23-11-8-16-30-18-23/h7-12,14,16-18,22,25H,13,15,29H2,1-6H3/b10-7+,14-12+,19-9+,20-17+. The quantitative estimate of drug-likeness (QED) is 0.244. The van der Waals surface area contributed by atoms with Gasteiger partial charge in [-0.05, 0) is 75.1 Å². The first-order valence-corrected chi connectivity index (χ1v) is 11.4. The molecule has 0 saturated heterocycles. The van der Waals surface area contributed by atoms with Crippen molar-refractivity contribution in [3.05, 3.63) is 88.8 Å². The van der Waals surface area contributed by atoms with Gasteiger partial charge < -0.3 is 10.5 Å². The number of ether oxygens (including phenoxy) is 1. The average molecular weight is 449 g/mol. The zero-order chi connectivity index (χ0) is 24.6. The Balaban J connectivity index is 2.00. The molecule has 2 unspecified atom stereocenters. The normalized spacial score (nSPS) is 20.4. The molecular weight excluding hydrogens is 412 g/mol. The average Bonchev–Trinajstić information content (AvgIpc) is 2.73. The highest BCUT2D eigenvalue weighted by Crippen LogP contribution is 2.46. The molecule has 0 radical (unpaired) electrons. The van der Waals surface area contributed by atoms with Crippen molar-refractivity contribution < 1.29 is 14.3 Å². The van der Waals surface area contributed by atoms with Crippen LogP contribution >= 0.6 is 0 Å². The van der Waals surface area contributed by atoms with E-state index in [4.69, 9.17) is 10.5 Å². The van der Waals surface area contributed by atoms with Crippen molar-refractivity contribution in [1.29, 1.82) is 0 Å². The van der Waals surface area contributed by atoms with Crippen LogP contribution in [-0.4, -0.2) is 23.0 Å². The van der Waals surface area contributed by atoms with Crippen LogP contribution in [0.5, 0.6) is 0 Å². The number of carbonyl (C=O) groups excluding carboxylic acids is 2. The molecular formula is C28H36N2O3. The summed E-state index contributed by atoms with van der Waals surface area (Å²) in [6.07, 6.45) is 16.4. The number of rotatable bonds is 7. The van der Waals surface area contributed by atoms with Crippen LogP contribution in [0, 0.1) is 11.3 Å². The molecule has 0 fully saturated rings. The van der Waals surface area contributed by atoms with Crippen molar-refractivity contribution in [2.45, 2.75) is 60.4 Å². The van der Waals surface area contributed by atoms with E-state index in [1.807, 2.05) is 19.1 Å². The molecule has 0 spiro atoms. The summed E-state index contributed by atoms with van der Waals surface area (Å²) in [6, 6.07) is 3.32. The SMILES string of the molecule is CC1=C(/C=C/C(C)=C/C=C/C(C)=C/C(=O)OC(=O)c2cccnc2)C(C)(C)C(C(C)N)CC1. The van der Waals surface area contributed by atoms with Gasteiger partial charge in [0, 0.05) is 24.5 Å². The number of nitrogens with two attached hydrogens (primary N) is 1. The first-order chi connectivity index (χ1) is 15.5. The number of aromatic nitrogens is 1. The van der Waals surface area contributed by atoms with Crippen LogP contribution in [0.1, 0.15) is 64.7 Å². The molecule has 5 nitrogen and oxygen atoms in total. The summed E-state index contributed by atoms with van der Waals surface area (Å²) in [7, 11) is 0. The first kappa shape index (κ1) is 26.2. The Hall–Kier alpha value is -3.05. The van der Waals surface area contributed by atoms with Gasteiger partial charge in [-0.2, -0.15) is 0 Å². The lowest BCUT2D eigenvalue weighted by Crippen LogP contribution is -2.41. The van der Waals surface area contributed by atoms with Crippen molar-refractivity contribution in [3.8, 4) is 0 Å². The van der Waals surface area contributed by atoms with Crippen molar-refractivity contribution in [1.82, 2.24) is 4.98 Å². The molecule has 2 rings (SSSR count). The maximum atomic E-state index is 12.0. The third kappa shape index (κ3) is 7.50. The molecule has 0 saturated carbocycles. The third-order valence-electron chi connectivity index (χ3n) is 6.21. The Morgan fingerprint density at radius 2 is 1.97 bits per heavy atom. The van der Waals surface area contributed by atoms with Crippen molar-refractivity contribution >= 4 is 11.9 Å². The van der Waals surface area contributed by atoms with Crippen LogP contribution in [0.15, 0.2) is 83.3 Å². The van der Waals surface area contributed by atoms with E-state index in [9.17, 15) is 9.59 Å². The van der Waals surface area contributed by atoms with E-state index in [2.05, 4.69) is 44.8 Å². The molecule has 0 aromatic carbocycles. The van der Waals surface area contributed by atoms with Gasteiger partial charge in [0.15, 0.2) is 0 Å². The van der Waals surface area contributed by atoms with E-state index in [0.717, 1.165) is 18.4 Å². The Morgan fingerprint density at radius 1 is 1.24 bits per heavy atom. The van der Waals surface area contributed by atoms with Gasteiger partial charge in [-0.15, -0.1) is 0 Å². The number of allylic oxidation sites excluding steroid dienone is 9. The number of nitrogens with zero attached hydrogens (tertiary/aromatic N) is 1. The zero-order valence-electron chi connectivity index (χ0n) is 20.6. The number of pyridine rings is 1. The predicted octanol–water partition coefficient (Wildman–Crippen LogP) is 5.87. The summed E-state index contributed by atoms with van der Waals surface area (Å²) in [5.74, 6) is -0.969. The second kappa shape index (κ2) is 11.7. The number of carbonyl (C=O) groups is 2. The summed E-state index contributed by atoms with van der Waals surface area (Å²) in [6.45, 7) is 12.7. The van der Waals surface area contributed by atoms with E-state index >= 15 is 0 Å². The molecule has 2 atom stereocenters. The van der Waals surface area contributed by atoms with Crippen LogP contribution < -0.4 is 5.73 Å². The Labute approximate surface area is 197 Å². The van der Waals surface area contributed by atoms with Crippen molar-refractivity contribution in [3.63, 3.8) is 0 Å². The van der Waals surface area contributed by atoms with Crippen LogP contribution in [0.3, 0.4) is 0 Å². The maximum absolute atomic E-state index is 12.0. The number of esters is 2. The molecule has 1 aromatic heterocycles. The molecule has 0 amide bonds. The van der Waals surface area contributed by atoms with Crippen molar-refractivity contribution in [2.24, 2.45) is 17.1 Å². The van der Waals surface area contributed by atoms with E-state index in [1.165, 1.54) is 23.4 Å². The highest BCUT2D eigenvalue weighted by molar-refractivity contribution is 6.00. The lowest BCUT2D eigenvalue weighted by atomic mass is 9.63. The molecule has 1 aliphatic rings. The number of hydrogen-bond acceptors (Lipinski definition) is 5. The Bertz CT molecular complexity index is 1010. The molecule has 5 heteroatoms. The van der Waals surface area contributed by atoms with Crippen LogP contribution in [0.2, 0.25) is 0 Å². The maximum Gasteiger partial charge on any atom is 0.347 e. The molecule has 1 aromatic rings. The smallest absolute Gasteiger partial charge is 0.347 e. The van der Waals surface area contributed by atoms with Gasteiger partial charge in [0.25, 0.3) is 0 Å². The fourth-order valence-electron chi connectivity index (χ4n) is 4.41. The van der Waals surface area contributed by atoms with Gasteiger partial charge in [-0.3, -0.25) is 4.98 Å². The second-order valence-electron chi connectivity index (χ2n) is 9.36. The molecule has 176 valence electrons. The first-order valence-electron chi connectivity index (χ1n) is 11.4. The van der Waals surface area contributed by atoms with Gasteiger partial charge in [0.1, 0.15) is 0 Å². The Kier molecular flexibility index (Phi) is 9.30. The van der Waals surface area contributed by atoms with Gasteiger partial charge >= 0.3 is 11.9 Å². The van der Waals surface area contributed by atoms with Crippen LogP contribution in [0.25, 0.3) is 0 Å². The monoisotopic (exact) mass is 448 g/mol. The minimum atomic E-state index is -0.719. The van der Waals surface area contributed by atoms with Crippen LogP contribution in [0.4, 0.5) is 0 Å². The lowest BCUT2D eigenvalue weighted by molar-refractivity contribution is -0.132. The summed E-state index contributed by atoms with van der Waals surface area (Å²) >= 11 is 0. The summed E-state index contributed by atoms with van der Waals surface area (Å²) in [5, 5.41) is 0. The minimum Gasteiger partial charge on any atom is -0.386 e.